The molecule has 0 aliphatic carbocycles. The Bertz CT molecular complexity index is 447. The van der Waals surface area contributed by atoms with Gasteiger partial charge in [0.15, 0.2) is 0 Å². The van der Waals surface area contributed by atoms with Gasteiger partial charge in [0, 0.05) is 17.3 Å². The van der Waals surface area contributed by atoms with E-state index in [1.165, 1.54) is 0 Å². The first-order chi connectivity index (χ1) is 7.18. The van der Waals surface area contributed by atoms with Crippen LogP contribution in [0.5, 0.6) is 0 Å². The maximum Gasteiger partial charge on any atom is 0.131 e. The molecule has 0 saturated heterocycles. The molecule has 1 N–H and O–H groups in total. The second-order valence-corrected chi connectivity index (χ2v) is 3.88. The van der Waals surface area contributed by atoms with E-state index < -0.39 is 0 Å². The zero-order valence-corrected chi connectivity index (χ0v) is 8.79. The first kappa shape index (κ1) is 9.90. The summed E-state index contributed by atoms with van der Waals surface area (Å²) in [5.74, 6) is 0.153. The van der Waals surface area contributed by atoms with E-state index in [1.807, 2.05) is 19.9 Å². The van der Waals surface area contributed by atoms with Gasteiger partial charge < -0.3 is 0 Å². The Labute approximate surface area is 88.1 Å². The topological polar surface area (TPSA) is 28.7 Å². The summed E-state index contributed by atoms with van der Waals surface area (Å²) in [7, 11) is 0. The van der Waals surface area contributed by atoms with Crippen molar-refractivity contribution in [3.05, 3.63) is 42.0 Å². The summed E-state index contributed by atoms with van der Waals surface area (Å²) >= 11 is 0. The molecule has 1 aromatic carbocycles. The molecule has 15 heavy (non-hydrogen) atoms. The monoisotopic (exact) mass is 204 g/mol. The van der Waals surface area contributed by atoms with Crippen LogP contribution < -0.4 is 0 Å². The third-order valence-corrected chi connectivity index (χ3v) is 2.47. The fraction of sp³-hybridized carbons (Fsp3) is 0.250. The number of aromatic nitrogens is 2. The molecule has 0 aliphatic rings. The van der Waals surface area contributed by atoms with E-state index in [-0.39, 0.29) is 5.82 Å². The molecule has 0 aliphatic heterocycles. The molecule has 1 heterocycles. The SMILES string of the molecule is CC(C)c1ccc(-c2cn[nH]c2)c(F)c1. The summed E-state index contributed by atoms with van der Waals surface area (Å²) in [4.78, 5) is 0. The normalized spacial score (nSPS) is 10.9. The second-order valence-electron chi connectivity index (χ2n) is 3.88. The van der Waals surface area contributed by atoms with Crippen LogP contribution in [-0.2, 0) is 0 Å². The Hall–Kier alpha value is -1.64. The minimum atomic E-state index is -0.192. The number of benzene rings is 1. The number of nitrogens with zero attached hydrogens (tertiary/aromatic N) is 1. The second kappa shape index (κ2) is 3.85. The molecule has 0 fully saturated rings. The van der Waals surface area contributed by atoms with Gasteiger partial charge in [-0.2, -0.15) is 5.10 Å². The molecule has 78 valence electrons. The zero-order chi connectivity index (χ0) is 10.8. The molecule has 1 aromatic heterocycles. The van der Waals surface area contributed by atoms with E-state index >= 15 is 0 Å². The van der Waals surface area contributed by atoms with Crippen molar-refractivity contribution in [3.8, 4) is 11.1 Å². The lowest BCUT2D eigenvalue weighted by Crippen LogP contribution is -1.90. The Morgan fingerprint density at radius 3 is 2.67 bits per heavy atom. The Kier molecular flexibility index (Phi) is 2.54. The number of nitrogens with one attached hydrogen (secondary N) is 1. The minimum Gasteiger partial charge on any atom is -0.285 e. The highest BCUT2D eigenvalue weighted by Gasteiger charge is 2.08. The van der Waals surface area contributed by atoms with E-state index in [4.69, 9.17) is 0 Å². The number of aromatic amines is 1. The molecule has 0 atom stereocenters. The van der Waals surface area contributed by atoms with Gasteiger partial charge in [0.1, 0.15) is 5.82 Å². The van der Waals surface area contributed by atoms with Crippen LogP contribution in [0.15, 0.2) is 30.6 Å². The predicted molar refractivity (Wildman–Crippen MR) is 58.1 cm³/mol. The van der Waals surface area contributed by atoms with E-state index in [9.17, 15) is 4.39 Å². The van der Waals surface area contributed by atoms with E-state index in [0.717, 1.165) is 11.1 Å². The third-order valence-electron chi connectivity index (χ3n) is 2.47. The lowest BCUT2D eigenvalue weighted by Gasteiger charge is -2.07. The smallest absolute Gasteiger partial charge is 0.131 e. The predicted octanol–water partition coefficient (Wildman–Crippen LogP) is 3.34. The molecule has 2 rings (SSSR count). The summed E-state index contributed by atoms with van der Waals surface area (Å²) in [6.45, 7) is 4.10. The Balaban J connectivity index is 2.44. The van der Waals surface area contributed by atoms with Crippen molar-refractivity contribution in [2.24, 2.45) is 0 Å². The van der Waals surface area contributed by atoms with Gasteiger partial charge in [0.05, 0.1) is 6.20 Å². The highest BCUT2D eigenvalue weighted by Crippen LogP contribution is 2.25. The standard InChI is InChI=1S/C12H13FN2/c1-8(2)9-3-4-11(12(13)5-9)10-6-14-15-7-10/h3-8H,1-2H3,(H,14,15). The molecule has 0 spiro atoms. The number of rotatable bonds is 2. The van der Waals surface area contributed by atoms with Crippen molar-refractivity contribution >= 4 is 0 Å². The average molecular weight is 204 g/mol. The van der Waals surface area contributed by atoms with Gasteiger partial charge in [-0.1, -0.05) is 26.0 Å². The van der Waals surface area contributed by atoms with Crippen LogP contribution in [0.2, 0.25) is 0 Å². The summed E-state index contributed by atoms with van der Waals surface area (Å²) in [6, 6.07) is 5.35. The zero-order valence-electron chi connectivity index (χ0n) is 8.79. The highest BCUT2D eigenvalue weighted by molar-refractivity contribution is 5.62. The Morgan fingerprint density at radius 1 is 1.33 bits per heavy atom. The molecular formula is C12H13FN2. The lowest BCUT2D eigenvalue weighted by atomic mass is 9.99. The lowest BCUT2D eigenvalue weighted by molar-refractivity contribution is 0.627. The van der Waals surface area contributed by atoms with Gasteiger partial charge in [-0.3, -0.25) is 5.10 Å². The van der Waals surface area contributed by atoms with Crippen molar-refractivity contribution in [2.75, 3.05) is 0 Å². The number of hydrogen-bond donors (Lipinski definition) is 1. The van der Waals surface area contributed by atoms with Gasteiger partial charge >= 0.3 is 0 Å². The fourth-order valence-corrected chi connectivity index (χ4v) is 1.52. The van der Waals surface area contributed by atoms with Gasteiger partial charge in [0.25, 0.3) is 0 Å². The maximum atomic E-state index is 13.7. The van der Waals surface area contributed by atoms with Crippen LogP contribution >= 0.6 is 0 Å². The van der Waals surface area contributed by atoms with Crippen LogP contribution in [0.4, 0.5) is 4.39 Å². The van der Waals surface area contributed by atoms with Gasteiger partial charge in [-0.05, 0) is 17.5 Å². The Morgan fingerprint density at radius 2 is 2.13 bits per heavy atom. The van der Waals surface area contributed by atoms with Crippen LogP contribution in [0.25, 0.3) is 11.1 Å². The number of H-pyrrole nitrogens is 1. The summed E-state index contributed by atoms with van der Waals surface area (Å²) < 4.78 is 13.7. The molecule has 0 bridgehead atoms. The molecular weight excluding hydrogens is 191 g/mol. The van der Waals surface area contributed by atoms with Gasteiger partial charge in [-0.25, -0.2) is 4.39 Å². The van der Waals surface area contributed by atoms with Crippen LogP contribution in [0.1, 0.15) is 25.3 Å². The van der Waals surface area contributed by atoms with E-state index in [1.54, 1.807) is 24.5 Å². The first-order valence-electron chi connectivity index (χ1n) is 4.97. The fourth-order valence-electron chi connectivity index (χ4n) is 1.52. The molecule has 0 radical (unpaired) electrons. The van der Waals surface area contributed by atoms with Gasteiger partial charge in [-0.15, -0.1) is 0 Å². The number of hydrogen-bond acceptors (Lipinski definition) is 1. The van der Waals surface area contributed by atoms with E-state index in [2.05, 4.69) is 10.2 Å². The largest absolute Gasteiger partial charge is 0.285 e. The summed E-state index contributed by atoms with van der Waals surface area (Å²) in [6.07, 6.45) is 3.31. The first-order valence-corrected chi connectivity index (χ1v) is 4.97. The molecule has 0 unspecified atom stereocenters. The molecule has 2 aromatic rings. The van der Waals surface area contributed by atoms with Crippen molar-refractivity contribution in [1.29, 1.82) is 0 Å². The minimum absolute atomic E-state index is 0.192. The highest BCUT2D eigenvalue weighted by atomic mass is 19.1. The van der Waals surface area contributed by atoms with Crippen LogP contribution in [0.3, 0.4) is 0 Å². The van der Waals surface area contributed by atoms with Crippen molar-refractivity contribution < 1.29 is 4.39 Å². The van der Waals surface area contributed by atoms with E-state index in [0.29, 0.717) is 11.5 Å². The molecule has 2 nitrogen and oxygen atoms in total. The summed E-state index contributed by atoms with van der Waals surface area (Å²) in [5.41, 5.74) is 2.38. The quantitative estimate of drug-likeness (QED) is 0.798. The van der Waals surface area contributed by atoms with Crippen molar-refractivity contribution in [1.82, 2.24) is 10.2 Å². The van der Waals surface area contributed by atoms with Gasteiger partial charge in [0.2, 0.25) is 0 Å². The van der Waals surface area contributed by atoms with Crippen molar-refractivity contribution in [3.63, 3.8) is 0 Å². The van der Waals surface area contributed by atoms with Crippen LogP contribution in [0, 0.1) is 5.82 Å². The summed E-state index contributed by atoms with van der Waals surface area (Å²) in [5, 5.41) is 6.48. The third kappa shape index (κ3) is 1.91. The molecule has 0 saturated carbocycles. The number of halogens is 1. The maximum absolute atomic E-state index is 13.7. The molecule has 3 heteroatoms. The van der Waals surface area contributed by atoms with Crippen molar-refractivity contribution in [2.45, 2.75) is 19.8 Å². The average Bonchev–Trinajstić information content (AvgIpc) is 2.70. The molecule has 0 amide bonds. The van der Waals surface area contributed by atoms with Crippen LogP contribution in [-0.4, -0.2) is 10.2 Å².